The summed E-state index contributed by atoms with van der Waals surface area (Å²) in [6.07, 6.45) is 17.8. The van der Waals surface area contributed by atoms with Crippen LogP contribution in [0, 0.1) is 11.8 Å². The molecule has 0 fully saturated rings. The standard InChI is InChI=1S/2C8H17.2C4H9.Sn/c2*1-3-5-7-8-6-4-2;2*1-4(2)3;/h2*1,3-8H2,2H3;2*4H,1H2,2-3H3;. The van der Waals surface area contributed by atoms with Gasteiger partial charge in [-0.25, -0.2) is 0 Å². The van der Waals surface area contributed by atoms with Crippen LogP contribution in [0.4, 0.5) is 0 Å². The Bertz CT molecular complexity index is 241. The number of unbranched alkanes of at least 4 members (excludes halogenated alkanes) is 10. The first kappa shape index (κ1) is 25.8. The molecule has 152 valence electrons. The van der Waals surface area contributed by atoms with Crippen molar-refractivity contribution < 1.29 is 0 Å². The van der Waals surface area contributed by atoms with Gasteiger partial charge in [0.25, 0.3) is 0 Å². The third kappa shape index (κ3) is 15.5. The van der Waals surface area contributed by atoms with Gasteiger partial charge in [-0.15, -0.1) is 0 Å². The molecular weight excluding hydrogens is 407 g/mol. The van der Waals surface area contributed by atoms with Gasteiger partial charge in [0.15, 0.2) is 0 Å². The van der Waals surface area contributed by atoms with Crippen LogP contribution in [0.5, 0.6) is 0 Å². The van der Waals surface area contributed by atoms with Crippen molar-refractivity contribution >= 4 is 18.4 Å². The van der Waals surface area contributed by atoms with Gasteiger partial charge in [0.1, 0.15) is 0 Å². The zero-order valence-corrected chi connectivity index (χ0v) is 21.8. The van der Waals surface area contributed by atoms with Crippen LogP contribution in [0.15, 0.2) is 0 Å². The third-order valence-electron chi connectivity index (χ3n) is 5.80. The van der Waals surface area contributed by atoms with E-state index in [2.05, 4.69) is 41.5 Å². The Hall–Kier alpha value is 0.799. The van der Waals surface area contributed by atoms with E-state index in [4.69, 9.17) is 0 Å². The first-order valence-corrected chi connectivity index (χ1v) is 20.0. The molecule has 0 aromatic carbocycles. The van der Waals surface area contributed by atoms with E-state index >= 15 is 0 Å². The van der Waals surface area contributed by atoms with Crippen LogP contribution < -0.4 is 0 Å². The minimum atomic E-state index is -1.93. The Morgan fingerprint density at radius 1 is 0.480 bits per heavy atom. The maximum atomic E-state index is 2.49. The minimum absolute atomic E-state index is 0.940. The predicted octanol–water partition coefficient (Wildman–Crippen LogP) is 9.47. The molecule has 0 atom stereocenters. The molecule has 0 saturated heterocycles. The number of hydrogen-bond acceptors (Lipinski definition) is 0. The second-order valence-electron chi connectivity index (χ2n) is 9.73. The van der Waals surface area contributed by atoms with E-state index in [0.717, 1.165) is 11.8 Å². The molecule has 0 aromatic rings. The van der Waals surface area contributed by atoms with Gasteiger partial charge in [0, 0.05) is 0 Å². The molecule has 0 rings (SSSR count). The fourth-order valence-electron chi connectivity index (χ4n) is 4.91. The van der Waals surface area contributed by atoms with E-state index in [-0.39, 0.29) is 0 Å². The molecule has 1 heteroatoms. The fraction of sp³-hybridized carbons (Fsp3) is 1.00. The van der Waals surface area contributed by atoms with Crippen LogP contribution in [0.25, 0.3) is 0 Å². The van der Waals surface area contributed by atoms with Gasteiger partial charge in [-0.2, -0.15) is 0 Å². The summed E-state index contributed by atoms with van der Waals surface area (Å²) in [6.45, 7) is 14.6. The summed E-state index contributed by atoms with van der Waals surface area (Å²) in [5.74, 6) is 1.88. The SMILES string of the molecule is CCCCCCC[CH2][Sn]([CH2]CCCCCCC)([CH2]C(C)C)[CH2]C(C)C. The molecule has 0 aromatic heterocycles. The Morgan fingerprint density at radius 2 is 0.800 bits per heavy atom. The van der Waals surface area contributed by atoms with Crippen LogP contribution in [0.1, 0.15) is 119 Å². The van der Waals surface area contributed by atoms with Gasteiger partial charge in [-0.05, 0) is 0 Å². The van der Waals surface area contributed by atoms with Gasteiger partial charge in [-0.1, -0.05) is 0 Å². The maximum absolute atomic E-state index is 2.49. The molecule has 0 spiro atoms. The third-order valence-corrected chi connectivity index (χ3v) is 23.5. The van der Waals surface area contributed by atoms with Crippen LogP contribution in [0.2, 0.25) is 17.7 Å². The van der Waals surface area contributed by atoms with Crippen molar-refractivity contribution in [2.24, 2.45) is 11.8 Å². The summed E-state index contributed by atoms with van der Waals surface area (Å²) >= 11 is -1.93. The molecule has 0 heterocycles. The molecule has 0 N–H and O–H groups in total. The van der Waals surface area contributed by atoms with Crippen molar-refractivity contribution in [3.63, 3.8) is 0 Å². The first-order chi connectivity index (χ1) is 12.0. The van der Waals surface area contributed by atoms with E-state index < -0.39 is 18.4 Å². The van der Waals surface area contributed by atoms with Gasteiger partial charge in [-0.3, -0.25) is 0 Å². The molecule has 0 aliphatic carbocycles. The number of hydrogen-bond donors (Lipinski definition) is 0. The van der Waals surface area contributed by atoms with E-state index in [1.807, 2.05) is 0 Å². The van der Waals surface area contributed by atoms with E-state index in [9.17, 15) is 0 Å². The van der Waals surface area contributed by atoms with Gasteiger partial charge in [0.05, 0.1) is 0 Å². The Kier molecular flexibility index (Phi) is 17.5. The van der Waals surface area contributed by atoms with Crippen LogP contribution in [-0.4, -0.2) is 18.4 Å². The molecule has 0 aliphatic heterocycles. The van der Waals surface area contributed by atoms with Crippen molar-refractivity contribution in [2.75, 3.05) is 0 Å². The van der Waals surface area contributed by atoms with Crippen LogP contribution >= 0.6 is 0 Å². The van der Waals surface area contributed by atoms with Gasteiger partial charge >= 0.3 is 167 Å². The van der Waals surface area contributed by atoms with Crippen LogP contribution in [0.3, 0.4) is 0 Å². The summed E-state index contributed by atoms with van der Waals surface area (Å²) in [5.41, 5.74) is 0. The molecule has 0 amide bonds. The number of rotatable bonds is 18. The molecule has 0 unspecified atom stereocenters. The molecule has 0 aliphatic rings. The molecule has 0 nitrogen and oxygen atoms in total. The average Bonchev–Trinajstić information content (AvgIpc) is 2.53. The summed E-state index contributed by atoms with van der Waals surface area (Å²) in [4.78, 5) is 0. The Balaban J connectivity index is 4.47. The molecular formula is C24H52Sn. The van der Waals surface area contributed by atoms with E-state index in [0.29, 0.717) is 0 Å². The summed E-state index contributed by atoms with van der Waals surface area (Å²) in [6, 6.07) is 0. The molecule has 0 saturated carbocycles. The second-order valence-corrected chi connectivity index (χ2v) is 23.5. The van der Waals surface area contributed by atoms with Crippen molar-refractivity contribution in [3.8, 4) is 0 Å². The quantitative estimate of drug-likeness (QED) is 0.141. The zero-order valence-electron chi connectivity index (χ0n) is 19.0. The summed E-state index contributed by atoms with van der Waals surface area (Å²) in [7, 11) is 0. The molecule has 0 bridgehead atoms. The van der Waals surface area contributed by atoms with Gasteiger partial charge < -0.3 is 0 Å². The summed E-state index contributed by atoms with van der Waals surface area (Å²) in [5, 5.41) is 0. The predicted molar refractivity (Wildman–Crippen MR) is 121 cm³/mol. The molecule has 0 radical (unpaired) electrons. The van der Waals surface area contributed by atoms with Crippen molar-refractivity contribution in [1.82, 2.24) is 0 Å². The Labute approximate surface area is 166 Å². The topological polar surface area (TPSA) is 0 Å². The van der Waals surface area contributed by atoms with Gasteiger partial charge in [0.2, 0.25) is 0 Å². The summed E-state index contributed by atoms with van der Waals surface area (Å²) < 4.78 is 6.73. The molecule has 25 heavy (non-hydrogen) atoms. The monoisotopic (exact) mass is 460 g/mol. The van der Waals surface area contributed by atoms with Crippen molar-refractivity contribution in [1.29, 1.82) is 0 Å². The van der Waals surface area contributed by atoms with Crippen molar-refractivity contribution in [3.05, 3.63) is 0 Å². The zero-order chi connectivity index (χ0) is 19.0. The van der Waals surface area contributed by atoms with E-state index in [1.165, 1.54) is 64.2 Å². The van der Waals surface area contributed by atoms with Crippen molar-refractivity contribution in [2.45, 2.75) is 136 Å². The van der Waals surface area contributed by atoms with E-state index in [1.54, 1.807) is 30.6 Å². The van der Waals surface area contributed by atoms with Crippen LogP contribution in [-0.2, 0) is 0 Å². The second kappa shape index (κ2) is 16.9. The Morgan fingerprint density at radius 3 is 1.12 bits per heavy atom. The fourth-order valence-corrected chi connectivity index (χ4v) is 24.0. The normalized spacial score (nSPS) is 12.5. The first-order valence-electron chi connectivity index (χ1n) is 12.0. The average molecular weight is 459 g/mol.